The van der Waals surface area contributed by atoms with E-state index in [1.165, 1.54) is 24.0 Å². The average Bonchev–Trinajstić information content (AvgIpc) is 3.21. The van der Waals surface area contributed by atoms with Gasteiger partial charge in [-0.1, -0.05) is 63.2 Å². The fourth-order valence-corrected chi connectivity index (χ4v) is 3.64. The first-order valence-electron chi connectivity index (χ1n) is 10.2. The topological polar surface area (TPSA) is 41.6 Å². The molecule has 1 heterocycles. The third-order valence-corrected chi connectivity index (χ3v) is 5.35. The first-order chi connectivity index (χ1) is 13.4. The van der Waals surface area contributed by atoms with E-state index < -0.39 is 0 Å². The van der Waals surface area contributed by atoms with Gasteiger partial charge in [0.25, 0.3) is 5.91 Å². The lowest BCUT2D eigenvalue weighted by Gasteiger charge is -2.29. The molecule has 5 heteroatoms. The molecule has 0 spiro atoms. The molecule has 1 N–H and O–H groups in total. The zero-order chi connectivity index (χ0) is 20.0. The van der Waals surface area contributed by atoms with Crippen molar-refractivity contribution in [1.29, 1.82) is 0 Å². The SMILES string of the molecule is CC(C)(C)c1ccc(C(CNC(=O)COc2ccccc2)N2CCCC2)cc1.Cl. The van der Waals surface area contributed by atoms with Gasteiger partial charge < -0.3 is 10.1 Å². The number of likely N-dealkylation sites (tertiary alicyclic amines) is 1. The molecule has 2 aromatic rings. The van der Waals surface area contributed by atoms with Gasteiger partial charge >= 0.3 is 0 Å². The number of carbonyl (C=O) groups excluding carboxylic acids is 1. The highest BCUT2D eigenvalue weighted by atomic mass is 35.5. The van der Waals surface area contributed by atoms with E-state index in [4.69, 9.17) is 4.74 Å². The van der Waals surface area contributed by atoms with E-state index in [1.807, 2.05) is 30.3 Å². The number of carbonyl (C=O) groups is 1. The second-order valence-electron chi connectivity index (χ2n) is 8.54. The number of nitrogens with zero attached hydrogens (tertiary/aromatic N) is 1. The van der Waals surface area contributed by atoms with Crippen molar-refractivity contribution in [3.05, 3.63) is 65.7 Å². The minimum Gasteiger partial charge on any atom is -0.484 e. The largest absolute Gasteiger partial charge is 0.484 e. The lowest BCUT2D eigenvalue weighted by Crippen LogP contribution is -2.38. The smallest absolute Gasteiger partial charge is 0.258 e. The summed E-state index contributed by atoms with van der Waals surface area (Å²) in [5.41, 5.74) is 2.74. The third-order valence-electron chi connectivity index (χ3n) is 5.35. The molecular weight excluding hydrogens is 384 g/mol. The molecule has 0 saturated carbocycles. The van der Waals surface area contributed by atoms with Crippen molar-refractivity contribution in [2.45, 2.75) is 45.1 Å². The minimum atomic E-state index is -0.0839. The van der Waals surface area contributed by atoms with E-state index in [0.717, 1.165) is 13.1 Å². The van der Waals surface area contributed by atoms with Gasteiger partial charge in [0.05, 0.1) is 6.04 Å². The average molecular weight is 417 g/mol. The van der Waals surface area contributed by atoms with Crippen LogP contribution in [0.2, 0.25) is 0 Å². The predicted octanol–water partition coefficient (Wildman–Crippen LogP) is 4.74. The summed E-state index contributed by atoms with van der Waals surface area (Å²) < 4.78 is 5.56. The molecule has 1 saturated heterocycles. The highest BCUT2D eigenvalue weighted by molar-refractivity contribution is 5.85. The van der Waals surface area contributed by atoms with Crippen LogP contribution in [0.3, 0.4) is 0 Å². The lowest BCUT2D eigenvalue weighted by molar-refractivity contribution is -0.123. The number of para-hydroxylation sites is 1. The maximum atomic E-state index is 12.3. The Morgan fingerprint density at radius 3 is 2.24 bits per heavy atom. The summed E-state index contributed by atoms with van der Waals surface area (Å²) in [7, 11) is 0. The first kappa shape index (κ1) is 23.2. The van der Waals surface area contributed by atoms with E-state index in [1.54, 1.807) is 0 Å². The maximum Gasteiger partial charge on any atom is 0.258 e. The zero-order valence-corrected chi connectivity index (χ0v) is 18.5. The van der Waals surface area contributed by atoms with Gasteiger partial charge in [0, 0.05) is 6.54 Å². The predicted molar refractivity (Wildman–Crippen MR) is 121 cm³/mol. The Kier molecular flexibility index (Phi) is 8.54. The number of nitrogens with one attached hydrogen (secondary N) is 1. The van der Waals surface area contributed by atoms with Crippen LogP contribution >= 0.6 is 12.4 Å². The Balaban J connectivity index is 0.00000300. The van der Waals surface area contributed by atoms with Crippen molar-refractivity contribution in [2.75, 3.05) is 26.2 Å². The molecule has 0 radical (unpaired) electrons. The van der Waals surface area contributed by atoms with Crippen molar-refractivity contribution >= 4 is 18.3 Å². The van der Waals surface area contributed by atoms with Gasteiger partial charge in [-0.05, 0) is 54.6 Å². The second kappa shape index (κ2) is 10.7. The third kappa shape index (κ3) is 6.76. The van der Waals surface area contributed by atoms with Gasteiger partial charge in [0.2, 0.25) is 0 Å². The van der Waals surface area contributed by atoms with Crippen molar-refractivity contribution in [3.8, 4) is 5.75 Å². The van der Waals surface area contributed by atoms with E-state index in [9.17, 15) is 4.79 Å². The molecule has 1 unspecified atom stereocenters. The molecule has 1 atom stereocenters. The number of amides is 1. The Bertz CT molecular complexity index is 751. The van der Waals surface area contributed by atoms with Crippen LogP contribution in [0.5, 0.6) is 5.75 Å². The second-order valence-corrected chi connectivity index (χ2v) is 8.54. The molecule has 1 aliphatic rings. The molecule has 4 nitrogen and oxygen atoms in total. The van der Waals surface area contributed by atoms with Gasteiger partial charge in [-0.3, -0.25) is 9.69 Å². The number of rotatable bonds is 7. The van der Waals surface area contributed by atoms with Crippen LogP contribution in [0.4, 0.5) is 0 Å². The molecule has 3 rings (SSSR count). The molecule has 1 aliphatic heterocycles. The number of hydrogen-bond donors (Lipinski definition) is 1. The molecule has 158 valence electrons. The Morgan fingerprint density at radius 1 is 1.03 bits per heavy atom. The lowest BCUT2D eigenvalue weighted by atomic mass is 9.86. The molecule has 2 aromatic carbocycles. The summed E-state index contributed by atoms with van der Waals surface area (Å²) in [4.78, 5) is 14.8. The summed E-state index contributed by atoms with van der Waals surface area (Å²) in [6, 6.07) is 18.5. The van der Waals surface area contributed by atoms with Crippen LogP contribution < -0.4 is 10.1 Å². The van der Waals surface area contributed by atoms with Gasteiger partial charge in [-0.25, -0.2) is 0 Å². The Morgan fingerprint density at radius 2 is 1.66 bits per heavy atom. The van der Waals surface area contributed by atoms with Crippen LogP contribution in [0.25, 0.3) is 0 Å². The van der Waals surface area contributed by atoms with E-state index in [2.05, 4.69) is 55.3 Å². The molecule has 1 amide bonds. The number of benzene rings is 2. The quantitative estimate of drug-likeness (QED) is 0.708. The van der Waals surface area contributed by atoms with Gasteiger partial charge in [-0.2, -0.15) is 0 Å². The first-order valence-corrected chi connectivity index (χ1v) is 10.2. The molecule has 0 aromatic heterocycles. The van der Waals surface area contributed by atoms with E-state index in [0.29, 0.717) is 12.3 Å². The standard InChI is InChI=1S/C24H32N2O2.ClH/c1-24(2,3)20-13-11-19(12-14-20)22(26-15-7-8-16-26)17-25-23(27)18-28-21-9-5-4-6-10-21;/h4-6,9-14,22H,7-8,15-18H2,1-3H3,(H,25,27);1H. The zero-order valence-electron chi connectivity index (χ0n) is 17.7. The fraction of sp³-hybridized carbons (Fsp3) is 0.458. The summed E-state index contributed by atoms with van der Waals surface area (Å²) in [6.07, 6.45) is 2.45. The monoisotopic (exact) mass is 416 g/mol. The van der Waals surface area contributed by atoms with Gasteiger partial charge in [0.15, 0.2) is 6.61 Å². The summed E-state index contributed by atoms with van der Waals surface area (Å²) in [5, 5.41) is 3.07. The minimum absolute atomic E-state index is 0. The highest BCUT2D eigenvalue weighted by Gasteiger charge is 2.24. The Labute approximate surface area is 181 Å². The molecule has 1 fully saturated rings. The van der Waals surface area contributed by atoms with Crippen LogP contribution in [-0.2, 0) is 10.2 Å². The number of ether oxygens (including phenoxy) is 1. The number of hydrogen-bond acceptors (Lipinski definition) is 3. The van der Waals surface area contributed by atoms with E-state index >= 15 is 0 Å². The molecule has 0 bridgehead atoms. The summed E-state index contributed by atoms with van der Waals surface area (Å²) in [6.45, 7) is 9.50. The van der Waals surface area contributed by atoms with E-state index in [-0.39, 0.29) is 36.4 Å². The highest BCUT2D eigenvalue weighted by Crippen LogP contribution is 2.28. The molecule has 29 heavy (non-hydrogen) atoms. The Hall–Kier alpha value is -2.04. The van der Waals surface area contributed by atoms with Gasteiger partial charge in [-0.15, -0.1) is 12.4 Å². The van der Waals surface area contributed by atoms with Crippen LogP contribution in [0.15, 0.2) is 54.6 Å². The molecule has 0 aliphatic carbocycles. The van der Waals surface area contributed by atoms with Crippen molar-refractivity contribution in [3.63, 3.8) is 0 Å². The van der Waals surface area contributed by atoms with Crippen LogP contribution in [0, 0.1) is 0 Å². The number of halogens is 1. The normalized spacial score (nSPS) is 15.4. The molecular formula is C24H33ClN2O2. The van der Waals surface area contributed by atoms with Crippen molar-refractivity contribution in [2.24, 2.45) is 0 Å². The summed E-state index contributed by atoms with van der Waals surface area (Å²) in [5.74, 6) is 0.630. The van der Waals surface area contributed by atoms with Crippen LogP contribution in [0.1, 0.15) is 50.8 Å². The fourth-order valence-electron chi connectivity index (χ4n) is 3.64. The van der Waals surface area contributed by atoms with Gasteiger partial charge in [0.1, 0.15) is 5.75 Å². The van der Waals surface area contributed by atoms with Crippen LogP contribution in [-0.4, -0.2) is 37.0 Å². The van der Waals surface area contributed by atoms with Crippen molar-refractivity contribution in [1.82, 2.24) is 10.2 Å². The van der Waals surface area contributed by atoms with Crippen molar-refractivity contribution < 1.29 is 9.53 Å². The summed E-state index contributed by atoms with van der Waals surface area (Å²) >= 11 is 0. The maximum absolute atomic E-state index is 12.3.